The molecule has 0 saturated heterocycles. The van der Waals surface area contributed by atoms with Gasteiger partial charge >= 0.3 is 0 Å². The van der Waals surface area contributed by atoms with Gasteiger partial charge in [-0.15, -0.1) is 0 Å². The fraction of sp³-hybridized carbons (Fsp3) is 0.760. The molecule has 0 bridgehead atoms. The molecule has 0 spiro atoms. The zero-order valence-electron chi connectivity index (χ0n) is 18.0. The third kappa shape index (κ3) is 4.89. The summed E-state index contributed by atoms with van der Waals surface area (Å²) in [4.78, 5) is 0. The molecule has 3 heteroatoms. The molecule has 1 unspecified atom stereocenters. The number of benzene rings is 1. The van der Waals surface area contributed by atoms with E-state index < -0.39 is 11.6 Å². The summed E-state index contributed by atoms with van der Waals surface area (Å²) in [6, 6.07) is 3.34. The summed E-state index contributed by atoms with van der Waals surface area (Å²) in [7, 11) is 0. The Morgan fingerprint density at radius 2 is 1.50 bits per heavy atom. The number of ether oxygens (including phenoxy) is 1. The van der Waals surface area contributed by atoms with Crippen LogP contribution in [0, 0.1) is 35.3 Å². The van der Waals surface area contributed by atoms with E-state index in [1.165, 1.54) is 38.5 Å². The topological polar surface area (TPSA) is 9.23 Å². The molecular formula is C25H38F2O. The van der Waals surface area contributed by atoms with Gasteiger partial charge in [0.1, 0.15) is 0 Å². The van der Waals surface area contributed by atoms with E-state index in [-0.39, 0.29) is 11.7 Å². The molecule has 1 atom stereocenters. The Balaban J connectivity index is 1.54. The van der Waals surface area contributed by atoms with Crippen LogP contribution in [0.2, 0.25) is 0 Å². The Morgan fingerprint density at radius 1 is 0.893 bits per heavy atom. The lowest BCUT2D eigenvalue weighted by atomic mass is 9.66. The van der Waals surface area contributed by atoms with Gasteiger partial charge in [-0.05, 0) is 86.7 Å². The third-order valence-corrected chi connectivity index (χ3v) is 7.66. The van der Waals surface area contributed by atoms with Gasteiger partial charge in [-0.2, -0.15) is 4.39 Å². The minimum Gasteiger partial charge on any atom is -0.491 e. The summed E-state index contributed by atoms with van der Waals surface area (Å²) >= 11 is 0. The number of halogens is 2. The van der Waals surface area contributed by atoms with Gasteiger partial charge in [0.25, 0.3) is 0 Å². The van der Waals surface area contributed by atoms with E-state index >= 15 is 0 Å². The quantitative estimate of drug-likeness (QED) is 0.458. The molecule has 3 rings (SSSR count). The molecule has 2 saturated carbocycles. The largest absolute Gasteiger partial charge is 0.491 e. The second-order valence-electron chi connectivity index (χ2n) is 9.25. The van der Waals surface area contributed by atoms with E-state index in [2.05, 4.69) is 13.8 Å². The SMILES string of the molecule is CCCC1CCC(C(C)C2CCC(c3ccc(OCC)c(F)c3F)CC2)CC1. The van der Waals surface area contributed by atoms with Gasteiger partial charge in [0.2, 0.25) is 5.82 Å². The maximum atomic E-state index is 14.6. The Kier molecular flexibility index (Phi) is 7.77. The molecule has 28 heavy (non-hydrogen) atoms. The van der Waals surface area contributed by atoms with Gasteiger partial charge in [0, 0.05) is 0 Å². The highest BCUT2D eigenvalue weighted by Crippen LogP contribution is 2.45. The Labute approximate surface area is 170 Å². The van der Waals surface area contributed by atoms with Crippen molar-refractivity contribution in [3.8, 4) is 5.75 Å². The lowest BCUT2D eigenvalue weighted by molar-refractivity contribution is 0.131. The predicted molar refractivity (Wildman–Crippen MR) is 112 cm³/mol. The molecule has 0 N–H and O–H groups in total. The zero-order chi connectivity index (χ0) is 20.1. The van der Waals surface area contributed by atoms with Crippen LogP contribution in [0.3, 0.4) is 0 Å². The van der Waals surface area contributed by atoms with E-state index in [0.717, 1.165) is 49.4 Å². The van der Waals surface area contributed by atoms with Gasteiger partial charge in [-0.25, -0.2) is 4.39 Å². The molecule has 2 fully saturated rings. The predicted octanol–water partition coefficient (Wildman–Crippen LogP) is 7.88. The first-order chi connectivity index (χ1) is 13.5. The summed E-state index contributed by atoms with van der Waals surface area (Å²) < 4.78 is 34.0. The lowest BCUT2D eigenvalue weighted by Gasteiger charge is -2.39. The normalized spacial score (nSPS) is 29.5. The molecule has 1 nitrogen and oxygen atoms in total. The highest BCUT2D eigenvalue weighted by Gasteiger charge is 2.33. The first-order valence-corrected chi connectivity index (χ1v) is 11.7. The van der Waals surface area contributed by atoms with Crippen molar-refractivity contribution in [1.29, 1.82) is 0 Å². The third-order valence-electron chi connectivity index (χ3n) is 7.66. The summed E-state index contributed by atoms with van der Waals surface area (Å²) in [6.45, 7) is 6.88. The summed E-state index contributed by atoms with van der Waals surface area (Å²) in [5, 5.41) is 0. The summed E-state index contributed by atoms with van der Waals surface area (Å²) in [6.07, 6.45) is 12.6. The zero-order valence-corrected chi connectivity index (χ0v) is 18.0. The first-order valence-electron chi connectivity index (χ1n) is 11.7. The monoisotopic (exact) mass is 392 g/mol. The van der Waals surface area contributed by atoms with Crippen LogP contribution in [0.4, 0.5) is 8.78 Å². The smallest absolute Gasteiger partial charge is 0.200 e. The molecule has 0 aliphatic heterocycles. The average Bonchev–Trinajstić information content (AvgIpc) is 2.72. The van der Waals surface area contributed by atoms with E-state index in [4.69, 9.17) is 4.74 Å². The molecule has 1 aromatic carbocycles. The van der Waals surface area contributed by atoms with Crippen molar-refractivity contribution >= 4 is 0 Å². The van der Waals surface area contributed by atoms with Crippen LogP contribution in [0.1, 0.15) is 96.5 Å². The van der Waals surface area contributed by atoms with Gasteiger partial charge in [0.15, 0.2) is 11.6 Å². The molecule has 2 aliphatic carbocycles. The average molecular weight is 393 g/mol. The first kappa shape index (κ1) is 21.6. The Bertz CT molecular complexity index is 613. The molecule has 1 aromatic rings. The molecular weight excluding hydrogens is 354 g/mol. The number of hydrogen-bond acceptors (Lipinski definition) is 1. The van der Waals surface area contributed by atoms with Crippen LogP contribution in [0.15, 0.2) is 12.1 Å². The molecule has 0 amide bonds. The van der Waals surface area contributed by atoms with Gasteiger partial charge < -0.3 is 4.74 Å². The number of rotatable bonds is 7. The van der Waals surface area contributed by atoms with Crippen LogP contribution in [-0.4, -0.2) is 6.61 Å². The summed E-state index contributed by atoms with van der Waals surface area (Å²) in [5.41, 5.74) is 0.548. The van der Waals surface area contributed by atoms with Gasteiger partial charge in [-0.3, -0.25) is 0 Å². The van der Waals surface area contributed by atoms with Crippen LogP contribution in [0.5, 0.6) is 5.75 Å². The van der Waals surface area contributed by atoms with Crippen LogP contribution >= 0.6 is 0 Å². The van der Waals surface area contributed by atoms with E-state index in [1.807, 2.05) is 0 Å². The maximum Gasteiger partial charge on any atom is 0.200 e. The standard InChI is InChI=1S/C25H38F2O/c1-4-6-18-7-9-19(10-8-18)17(3)20-11-13-21(14-12-20)22-15-16-23(28-5-2)25(27)24(22)26/h15-21H,4-14H2,1-3H3. The Morgan fingerprint density at radius 3 is 2.07 bits per heavy atom. The highest BCUT2D eigenvalue weighted by molar-refractivity contribution is 5.33. The fourth-order valence-corrected chi connectivity index (χ4v) is 5.88. The maximum absolute atomic E-state index is 14.6. The van der Waals surface area contributed by atoms with Crippen molar-refractivity contribution in [3.05, 3.63) is 29.3 Å². The second kappa shape index (κ2) is 10.1. The van der Waals surface area contributed by atoms with Crippen molar-refractivity contribution in [2.45, 2.75) is 90.9 Å². The Hall–Kier alpha value is -1.12. The molecule has 2 aliphatic rings. The molecule has 0 aromatic heterocycles. The second-order valence-corrected chi connectivity index (χ2v) is 9.25. The summed E-state index contributed by atoms with van der Waals surface area (Å²) in [5.74, 6) is 2.01. The number of hydrogen-bond donors (Lipinski definition) is 0. The van der Waals surface area contributed by atoms with Crippen molar-refractivity contribution in [2.24, 2.45) is 23.7 Å². The van der Waals surface area contributed by atoms with Crippen LogP contribution in [-0.2, 0) is 0 Å². The highest BCUT2D eigenvalue weighted by atomic mass is 19.2. The van der Waals surface area contributed by atoms with E-state index in [9.17, 15) is 8.78 Å². The van der Waals surface area contributed by atoms with Crippen molar-refractivity contribution in [1.82, 2.24) is 0 Å². The molecule has 0 radical (unpaired) electrons. The fourth-order valence-electron chi connectivity index (χ4n) is 5.88. The van der Waals surface area contributed by atoms with Crippen molar-refractivity contribution < 1.29 is 13.5 Å². The minimum atomic E-state index is -0.821. The van der Waals surface area contributed by atoms with Crippen LogP contribution in [0.25, 0.3) is 0 Å². The van der Waals surface area contributed by atoms with Crippen molar-refractivity contribution in [3.63, 3.8) is 0 Å². The van der Waals surface area contributed by atoms with Gasteiger partial charge in [-0.1, -0.05) is 45.6 Å². The molecule has 0 heterocycles. The lowest BCUT2D eigenvalue weighted by Crippen LogP contribution is -2.28. The van der Waals surface area contributed by atoms with E-state index in [1.54, 1.807) is 19.1 Å². The van der Waals surface area contributed by atoms with Crippen LogP contribution < -0.4 is 4.74 Å². The molecule has 158 valence electrons. The van der Waals surface area contributed by atoms with E-state index in [0.29, 0.717) is 12.2 Å². The van der Waals surface area contributed by atoms with Crippen molar-refractivity contribution in [2.75, 3.05) is 6.61 Å². The minimum absolute atomic E-state index is 0.0322. The van der Waals surface area contributed by atoms with Gasteiger partial charge in [0.05, 0.1) is 6.61 Å².